The number of amides is 2. The first-order valence-electron chi connectivity index (χ1n) is 9.04. The maximum Gasteiger partial charge on any atom is 0.323 e. The van der Waals surface area contributed by atoms with Gasteiger partial charge in [0.1, 0.15) is 6.54 Å². The summed E-state index contributed by atoms with van der Waals surface area (Å²) in [5, 5.41) is 12.1. The molecule has 1 heterocycles. The molecule has 25 heavy (non-hydrogen) atoms. The first kappa shape index (κ1) is 19.2. The SMILES string of the molecule is CCC(C)N(CC(=O)O)C(=O)NC1CCCN(Cc2ccccc2)C1. The quantitative estimate of drug-likeness (QED) is 0.795. The maximum absolute atomic E-state index is 12.5. The minimum absolute atomic E-state index is 0.0605. The van der Waals surface area contributed by atoms with E-state index in [9.17, 15) is 9.59 Å². The van der Waals surface area contributed by atoms with Crippen LogP contribution in [0.5, 0.6) is 0 Å². The topological polar surface area (TPSA) is 72.9 Å². The van der Waals surface area contributed by atoms with Crippen LogP contribution in [0.25, 0.3) is 0 Å². The number of carboxylic acids is 1. The predicted molar refractivity (Wildman–Crippen MR) is 97.4 cm³/mol. The van der Waals surface area contributed by atoms with E-state index in [-0.39, 0.29) is 24.7 Å². The molecule has 0 saturated carbocycles. The number of aliphatic carboxylic acids is 1. The van der Waals surface area contributed by atoms with Crippen molar-refractivity contribution in [2.45, 2.75) is 51.7 Å². The normalized spacial score (nSPS) is 19.2. The number of likely N-dealkylation sites (tertiary alicyclic amines) is 1. The molecule has 0 spiro atoms. The van der Waals surface area contributed by atoms with Gasteiger partial charge >= 0.3 is 12.0 Å². The van der Waals surface area contributed by atoms with Crippen LogP contribution in [-0.2, 0) is 11.3 Å². The number of nitrogens with zero attached hydrogens (tertiary/aromatic N) is 2. The van der Waals surface area contributed by atoms with Gasteiger partial charge in [-0.15, -0.1) is 0 Å². The minimum Gasteiger partial charge on any atom is -0.480 e. The van der Waals surface area contributed by atoms with Gasteiger partial charge in [-0.2, -0.15) is 0 Å². The Labute approximate surface area is 149 Å². The van der Waals surface area contributed by atoms with Crippen LogP contribution in [-0.4, -0.2) is 58.6 Å². The maximum atomic E-state index is 12.5. The van der Waals surface area contributed by atoms with Crippen molar-refractivity contribution in [1.82, 2.24) is 15.1 Å². The lowest BCUT2D eigenvalue weighted by Gasteiger charge is -2.35. The van der Waals surface area contributed by atoms with Crippen LogP contribution in [0, 0.1) is 0 Å². The predicted octanol–water partition coefficient (Wildman–Crippen LogP) is 2.55. The third-order valence-corrected chi connectivity index (χ3v) is 4.77. The Bertz CT molecular complexity index is 564. The monoisotopic (exact) mass is 347 g/mol. The van der Waals surface area contributed by atoms with Crippen LogP contribution in [0.2, 0.25) is 0 Å². The molecule has 0 aromatic heterocycles. The van der Waals surface area contributed by atoms with E-state index in [4.69, 9.17) is 5.11 Å². The van der Waals surface area contributed by atoms with Gasteiger partial charge in [0.25, 0.3) is 0 Å². The summed E-state index contributed by atoms with van der Waals surface area (Å²) >= 11 is 0. The smallest absolute Gasteiger partial charge is 0.323 e. The van der Waals surface area contributed by atoms with Gasteiger partial charge in [0, 0.05) is 25.2 Å². The van der Waals surface area contributed by atoms with Crippen molar-refractivity contribution < 1.29 is 14.7 Å². The number of nitrogens with one attached hydrogen (secondary N) is 1. The molecule has 2 N–H and O–H groups in total. The van der Waals surface area contributed by atoms with E-state index in [1.807, 2.05) is 32.0 Å². The van der Waals surface area contributed by atoms with E-state index in [0.29, 0.717) is 0 Å². The molecule has 1 aromatic rings. The highest BCUT2D eigenvalue weighted by Crippen LogP contribution is 2.14. The molecule has 1 aliphatic rings. The molecule has 1 aromatic carbocycles. The summed E-state index contributed by atoms with van der Waals surface area (Å²) in [5.74, 6) is -0.982. The van der Waals surface area contributed by atoms with Crippen LogP contribution in [0.4, 0.5) is 4.79 Å². The average molecular weight is 347 g/mol. The van der Waals surface area contributed by atoms with Crippen LogP contribution >= 0.6 is 0 Å². The second-order valence-electron chi connectivity index (χ2n) is 6.79. The molecule has 138 valence electrons. The number of urea groups is 1. The fourth-order valence-corrected chi connectivity index (χ4v) is 3.21. The number of benzene rings is 1. The second kappa shape index (κ2) is 9.42. The molecule has 2 atom stereocenters. The molecule has 1 saturated heterocycles. The van der Waals surface area contributed by atoms with E-state index in [2.05, 4.69) is 22.3 Å². The van der Waals surface area contributed by atoms with Crippen molar-refractivity contribution >= 4 is 12.0 Å². The second-order valence-corrected chi connectivity index (χ2v) is 6.79. The first-order chi connectivity index (χ1) is 12.0. The van der Waals surface area contributed by atoms with Crippen LogP contribution in [0.1, 0.15) is 38.7 Å². The van der Waals surface area contributed by atoms with Crippen molar-refractivity contribution in [3.8, 4) is 0 Å². The molecule has 1 aliphatic heterocycles. The van der Waals surface area contributed by atoms with Crippen LogP contribution < -0.4 is 5.32 Å². The van der Waals surface area contributed by atoms with E-state index < -0.39 is 5.97 Å². The minimum atomic E-state index is -0.982. The Balaban J connectivity index is 1.91. The lowest BCUT2D eigenvalue weighted by molar-refractivity contribution is -0.138. The standard InChI is InChI=1S/C19H29N3O3/c1-3-15(2)22(14-18(23)24)19(25)20-17-10-7-11-21(13-17)12-16-8-5-4-6-9-16/h4-6,8-9,15,17H,3,7,10-14H2,1-2H3,(H,20,25)(H,23,24). The highest BCUT2D eigenvalue weighted by Gasteiger charge is 2.26. The van der Waals surface area contributed by atoms with Crippen molar-refractivity contribution in [2.24, 2.45) is 0 Å². The summed E-state index contributed by atoms with van der Waals surface area (Å²) < 4.78 is 0. The van der Waals surface area contributed by atoms with Gasteiger partial charge in [-0.1, -0.05) is 37.3 Å². The van der Waals surface area contributed by atoms with Gasteiger partial charge in [-0.05, 0) is 38.3 Å². The summed E-state index contributed by atoms with van der Waals surface area (Å²) in [7, 11) is 0. The van der Waals surface area contributed by atoms with Crippen molar-refractivity contribution in [3.63, 3.8) is 0 Å². The summed E-state index contributed by atoms with van der Waals surface area (Å²) in [4.78, 5) is 27.4. The number of carbonyl (C=O) groups excluding carboxylic acids is 1. The fourth-order valence-electron chi connectivity index (χ4n) is 3.21. The number of carbonyl (C=O) groups is 2. The molecule has 2 amide bonds. The Morgan fingerprint density at radius 2 is 2.08 bits per heavy atom. The highest BCUT2D eigenvalue weighted by molar-refractivity contribution is 5.80. The van der Waals surface area contributed by atoms with E-state index in [1.54, 1.807) is 0 Å². The van der Waals surface area contributed by atoms with Gasteiger partial charge in [0.2, 0.25) is 0 Å². The van der Waals surface area contributed by atoms with Gasteiger partial charge in [0.15, 0.2) is 0 Å². The largest absolute Gasteiger partial charge is 0.480 e. The summed E-state index contributed by atoms with van der Waals surface area (Å²) in [6.45, 7) is 6.26. The lowest BCUT2D eigenvalue weighted by atomic mass is 10.0. The molecule has 2 unspecified atom stereocenters. The number of carboxylic acid groups (broad SMARTS) is 1. The first-order valence-corrected chi connectivity index (χ1v) is 9.04. The van der Waals surface area contributed by atoms with Gasteiger partial charge in [0.05, 0.1) is 0 Å². The molecule has 2 rings (SSSR count). The lowest BCUT2D eigenvalue weighted by Crippen LogP contribution is -2.54. The number of piperidine rings is 1. The van der Waals surface area contributed by atoms with Gasteiger partial charge in [-0.3, -0.25) is 9.69 Å². The van der Waals surface area contributed by atoms with Crippen LogP contribution in [0.3, 0.4) is 0 Å². The number of rotatable bonds is 7. The molecular formula is C19H29N3O3. The summed E-state index contributed by atoms with van der Waals surface area (Å²) in [6, 6.07) is 9.99. The Morgan fingerprint density at radius 1 is 1.36 bits per heavy atom. The number of hydrogen-bond acceptors (Lipinski definition) is 3. The average Bonchev–Trinajstić information content (AvgIpc) is 2.60. The zero-order valence-electron chi connectivity index (χ0n) is 15.1. The van der Waals surface area contributed by atoms with Crippen LogP contribution in [0.15, 0.2) is 30.3 Å². The zero-order valence-corrected chi connectivity index (χ0v) is 15.1. The summed E-state index contributed by atoms with van der Waals surface area (Å²) in [6.07, 6.45) is 2.68. The Kier molecular flexibility index (Phi) is 7.25. The van der Waals surface area contributed by atoms with Crippen molar-refractivity contribution in [1.29, 1.82) is 0 Å². The van der Waals surface area contributed by atoms with Gasteiger partial charge < -0.3 is 15.3 Å². The molecular weight excluding hydrogens is 318 g/mol. The van der Waals surface area contributed by atoms with E-state index in [0.717, 1.165) is 38.9 Å². The fraction of sp³-hybridized carbons (Fsp3) is 0.579. The van der Waals surface area contributed by atoms with Crippen molar-refractivity contribution in [2.75, 3.05) is 19.6 Å². The van der Waals surface area contributed by atoms with Gasteiger partial charge in [-0.25, -0.2) is 4.79 Å². The third-order valence-electron chi connectivity index (χ3n) is 4.77. The van der Waals surface area contributed by atoms with E-state index >= 15 is 0 Å². The molecule has 6 nitrogen and oxygen atoms in total. The highest BCUT2D eigenvalue weighted by atomic mass is 16.4. The molecule has 0 radical (unpaired) electrons. The number of hydrogen-bond donors (Lipinski definition) is 2. The molecule has 0 aliphatic carbocycles. The Hall–Kier alpha value is -2.08. The Morgan fingerprint density at radius 3 is 2.72 bits per heavy atom. The molecule has 1 fully saturated rings. The molecule has 0 bridgehead atoms. The van der Waals surface area contributed by atoms with E-state index in [1.165, 1.54) is 10.5 Å². The third kappa shape index (κ3) is 6.05. The zero-order chi connectivity index (χ0) is 18.2. The van der Waals surface area contributed by atoms with Crippen molar-refractivity contribution in [3.05, 3.63) is 35.9 Å². The molecule has 6 heteroatoms. The summed E-state index contributed by atoms with van der Waals surface area (Å²) in [5.41, 5.74) is 1.27.